The second-order valence-corrected chi connectivity index (χ2v) is 3.44. The zero-order valence-corrected chi connectivity index (χ0v) is 9.89. The monoisotopic (exact) mass is 261 g/mol. The van der Waals surface area contributed by atoms with Crippen LogP contribution in [0, 0.1) is 0 Å². The van der Waals surface area contributed by atoms with Gasteiger partial charge in [0.2, 0.25) is 5.91 Å². The molecule has 0 heterocycles. The van der Waals surface area contributed by atoms with E-state index in [2.05, 4.69) is 10.6 Å². The SMILES string of the molecule is CNC(=O)C(C)NC(=O)N[C@H](CC(=O)O)C(=O)O. The van der Waals surface area contributed by atoms with Gasteiger partial charge in [-0.05, 0) is 6.92 Å². The number of carbonyl (C=O) groups is 4. The van der Waals surface area contributed by atoms with Crippen LogP contribution in [0.15, 0.2) is 0 Å². The highest BCUT2D eigenvalue weighted by molar-refractivity contribution is 5.89. The lowest BCUT2D eigenvalue weighted by atomic mass is 10.2. The van der Waals surface area contributed by atoms with E-state index < -0.39 is 42.4 Å². The number of carboxylic acids is 2. The van der Waals surface area contributed by atoms with Gasteiger partial charge in [0.25, 0.3) is 0 Å². The average molecular weight is 261 g/mol. The van der Waals surface area contributed by atoms with Gasteiger partial charge in [0.1, 0.15) is 12.1 Å². The van der Waals surface area contributed by atoms with Gasteiger partial charge < -0.3 is 26.2 Å². The van der Waals surface area contributed by atoms with E-state index in [0.717, 1.165) is 0 Å². The van der Waals surface area contributed by atoms with E-state index in [1.54, 1.807) is 0 Å². The van der Waals surface area contributed by atoms with E-state index in [1.807, 2.05) is 5.32 Å². The minimum Gasteiger partial charge on any atom is -0.481 e. The maximum absolute atomic E-state index is 11.3. The summed E-state index contributed by atoms with van der Waals surface area (Å²) in [7, 11) is 1.38. The van der Waals surface area contributed by atoms with Crippen LogP contribution in [0.3, 0.4) is 0 Å². The van der Waals surface area contributed by atoms with E-state index >= 15 is 0 Å². The van der Waals surface area contributed by atoms with Crippen molar-refractivity contribution in [1.29, 1.82) is 0 Å². The Morgan fingerprint density at radius 3 is 2.06 bits per heavy atom. The summed E-state index contributed by atoms with van der Waals surface area (Å²) in [5.74, 6) is -3.29. The summed E-state index contributed by atoms with van der Waals surface area (Å²) in [6, 6.07) is -3.35. The molecule has 18 heavy (non-hydrogen) atoms. The number of hydrogen-bond acceptors (Lipinski definition) is 4. The van der Waals surface area contributed by atoms with Crippen LogP contribution >= 0.6 is 0 Å². The molecule has 0 aliphatic carbocycles. The van der Waals surface area contributed by atoms with E-state index in [9.17, 15) is 19.2 Å². The van der Waals surface area contributed by atoms with Crippen LogP contribution in [0.2, 0.25) is 0 Å². The highest BCUT2D eigenvalue weighted by Crippen LogP contribution is 1.93. The molecule has 9 heteroatoms. The summed E-state index contributed by atoms with van der Waals surface area (Å²) in [5, 5.41) is 23.5. The fourth-order valence-corrected chi connectivity index (χ4v) is 1.05. The zero-order valence-electron chi connectivity index (χ0n) is 9.89. The Bertz CT molecular complexity index is 356. The molecule has 0 rings (SSSR count). The first-order valence-corrected chi connectivity index (χ1v) is 5.01. The molecule has 9 nitrogen and oxygen atoms in total. The number of nitrogens with one attached hydrogen (secondary N) is 3. The maximum atomic E-state index is 11.3. The molecule has 5 N–H and O–H groups in total. The van der Waals surface area contributed by atoms with Crippen LogP contribution < -0.4 is 16.0 Å². The molecule has 102 valence electrons. The van der Waals surface area contributed by atoms with Gasteiger partial charge in [-0.3, -0.25) is 9.59 Å². The lowest BCUT2D eigenvalue weighted by Gasteiger charge is -2.16. The van der Waals surface area contributed by atoms with Crippen molar-refractivity contribution in [3.63, 3.8) is 0 Å². The summed E-state index contributed by atoms with van der Waals surface area (Å²) in [6.07, 6.45) is -0.753. The number of likely N-dealkylation sites (N-methyl/N-ethyl adjacent to an activating group) is 1. The van der Waals surface area contributed by atoms with Crippen molar-refractivity contribution in [3.05, 3.63) is 0 Å². The first-order chi connectivity index (χ1) is 8.27. The van der Waals surface area contributed by atoms with Gasteiger partial charge >= 0.3 is 18.0 Å². The number of amides is 3. The van der Waals surface area contributed by atoms with Gasteiger partial charge in [0.05, 0.1) is 6.42 Å². The van der Waals surface area contributed by atoms with Crippen LogP contribution in [-0.2, 0) is 14.4 Å². The van der Waals surface area contributed by atoms with Gasteiger partial charge in [0.15, 0.2) is 0 Å². The fraction of sp³-hybridized carbons (Fsp3) is 0.556. The lowest BCUT2D eigenvalue weighted by Crippen LogP contribution is -2.52. The lowest BCUT2D eigenvalue weighted by molar-refractivity contribution is -0.145. The van der Waals surface area contributed by atoms with E-state index in [1.165, 1.54) is 14.0 Å². The number of hydrogen-bond donors (Lipinski definition) is 5. The number of carbonyl (C=O) groups excluding carboxylic acids is 2. The molecule has 0 saturated carbocycles. The number of aliphatic carboxylic acids is 2. The van der Waals surface area contributed by atoms with Crippen molar-refractivity contribution in [2.45, 2.75) is 25.4 Å². The van der Waals surface area contributed by atoms with Crippen LogP contribution in [0.5, 0.6) is 0 Å². The molecule has 0 aromatic rings. The standard InChI is InChI=1S/C9H15N3O6/c1-4(7(15)10-2)11-9(18)12-5(8(16)17)3-6(13)14/h4-5H,3H2,1-2H3,(H,10,15)(H,13,14)(H,16,17)(H2,11,12,18)/t4?,5-/m1/s1. The van der Waals surface area contributed by atoms with E-state index in [4.69, 9.17) is 10.2 Å². The summed E-state index contributed by atoms with van der Waals surface area (Å²) >= 11 is 0. The van der Waals surface area contributed by atoms with Crippen molar-refractivity contribution in [3.8, 4) is 0 Å². The predicted octanol–water partition coefficient (Wildman–Crippen LogP) is -1.65. The second kappa shape index (κ2) is 7.09. The molecule has 2 atom stereocenters. The number of carboxylic acid groups (broad SMARTS) is 2. The van der Waals surface area contributed by atoms with Crippen LogP contribution in [-0.4, -0.2) is 53.2 Å². The quantitative estimate of drug-likeness (QED) is 0.387. The molecule has 0 aliphatic rings. The Labute approximate surface area is 103 Å². The molecule has 0 radical (unpaired) electrons. The Morgan fingerprint density at radius 2 is 1.67 bits per heavy atom. The van der Waals surface area contributed by atoms with Crippen molar-refractivity contribution in [1.82, 2.24) is 16.0 Å². The molecule has 0 aromatic carbocycles. The first kappa shape index (κ1) is 15.7. The molecule has 0 aliphatic heterocycles. The number of urea groups is 1. The maximum Gasteiger partial charge on any atom is 0.326 e. The minimum atomic E-state index is -1.56. The molecular weight excluding hydrogens is 246 g/mol. The van der Waals surface area contributed by atoms with Crippen LogP contribution in [0.4, 0.5) is 4.79 Å². The van der Waals surface area contributed by atoms with Crippen molar-refractivity contribution < 1.29 is 29.4 Å². The summed E-state index contributed by atoms with van der Waals surface area (Å²) in [5.41, 5.74) is 0. The normalized spacial score (nSPS) is 13.0. The van der Waals surface area contributed by atoms with Crippen molar-refractivity contribution >= 4 is 23.9 Å². The minimum absolute atomic E-state index is 0.463. The van der Waals surface area contributed by atoms with Gasteiger partial charge in [0, 0.05) is 7.05 Å². The average Bonchev–Trinajstić information content (AvgIpc) is 2.25. The molecule has 0 bridgehead atoms. The molecule has 1 unspecified atom stereocenters. The fourth-order valence-electron chi connectivity index (χ4n) is 1.05. The summed E-state index contributed by atoms with van der Waals surface area (Å²) in [6.45, 7) is 1.39. The zero-order chi connectivity index (χ0) is 14.3. The first-order valence-electron chi connectivity index (χ1n) is 5.01. The number of rotatable bonds is 6. The van der Waals surface area contributed by atoms with E-state index in [-0.39, 0.29) is 0 Å². The van der Waals surface area contributed by atoms with Crippen LogP contribution in [0.1, 0.15) is 13.3 Å². The molecule has 3 amide bonds. The Morgan fingerprint density at radius 1 is 1.11 bits per heavy atom. The Balaban J connectivity index is 4.38. The molecule has 0 spiro atoms. The van der Waals surface area contributed by atoms with Crippen LogP contribution in [0.25, 0.3) is 0 Å². The molecular formula is C9H15N3O6. The van der Waals surface area contributed by atoms with Crippen molar-refractivity contribution in [2.24, 2.45) is 0 Å². The second-order valence-electron chi connectivity index (χ2n) is 3.44. The highest BCUT2D eigenvalue weighted by Gasteiger charge is 2.24. The molecule has 0 saturated heterocycles. The topological polar surface area (TPSA) is 145 Å². The Kier molecular flexibility index (Phi) is 6.18. The van der Waals surface area contributed by atoms with E-state index in [0.29, 0.717) is 0 Å². The van der Waals surface area contributed by atoms with Gasteiger partial charge in [-0.25, -0.2) is 9.59 Å². The van der Waals surface area contributed by atoms with Crippen molar-refractivity contribution in [2.75, 3.05) is 7.05 Å². The Hall–Kier alpha value is -2.32. The highest BCUT2D eigenvalue weighted by atomic mass is 16.4. The van der Waals surface area contributed by atoms with Gasteiger partial charge in [-0.2, -0.15) is 0 Å². The summed E-state index contributed by atoms with van der Waals surface area (Å²) in [4.78, 5) is 43.4. The smallest absolute Gasteiger partial charge is 0.326 e. The molecule has 0 fully saturated rings. The third-order valence-electron chi connectivity index (χ3n) is 1.97. The van der Waals surface area contributed by atoms with Gasteiger partial charge in [-0.1, -0.05) is 0 Å². The molecule has 0 aromatic heterocycles. The summed E-state index contributed by atoms with van der Waals surface area (Å²) < 4.78 is 0. The third kappa shape index (κ3) is 5.68. The third-order valence-corrected chi connectivity index (χ3v) is 1.97. The van der Waals surface area contributed by atoms with Gasteiger partial charge in [-0.15, -0.1) is 0 Å². The largest absolute Gasteiger partial charge is 0.481 e. The predicted molar refractivity (Wildman–Crippen MR) is 58.9 cm³/mol.